The Morgan fingerprint density at radius 2 is 2.04 bits per heavy atom. The average Bonchev–Trinajstić information content (AvgIpc) is 3.07. The molecule has 5 rings (SSSR count). The zero-order valence-electron chi connectivity index (χ0n) is 16.5. The van der Waals surface area contributed by atoms with Crippen LogP contribution in [0, 0.1) is 5.41 Å². The molecule has 6 nitrogen and oxygen atoms in total. The fourth-order valence-corrected chi connectivity index (χ4v) is 4.65. The van der Waals surface area contributed by atoms with E-state index in [1.807, 2.05) is 6.07 Å². The monoisotopic (exact) mass is 499 g/mol. The van der Waals surface area contributed by atoms with Crippen molar-refractivity contribution >= 4 is 29.9 Å². The number of likely N-dealkylation sites (tertiary alicyclic amines) is 1. The van der Waals surface area contributed by atoms with E-state index in [9.17, 15) is 0 Å². The second-order valence-electron chi connectivity index (χ2n) is 8.49. The summed E-state index contributed by atoms with van der Waals surface area (Å²) in [6.45, 7) is 8.16. The first-order valence-corrected chi connectivity index (χ1v) is 10.2. The lowest BCUT2D eigenvalue weighted by Gasteiger charge is -2.25. The number of fused-ring (bicyclic) bond motifs is 1. The Morgan fingerprint density at radius 3 is 2.79 bits per heavy atom. The Hall–Kier alpha value is -1.22. The Balaban J connectivity index is 0.00000192. The Kier molecular flexibility index (Phi) is 5.66. The van der Waals surface area contributed by atoms with E-state index in [1.165, 1.54) is 31.2 Å². The molecule has 154 valence electrons. The minimum atomic E-state index is 0. The van der Waals surface area contributed by atoms with Crippen molar-refractivity contribution in [2.45, 2.75) is 38.0 Å². The SMILES string of the molecule is CCNC(=NCC1(c2ccc3c(c2)OCO3)CC1)N1CCC2(CCOC2)C1.I. The highest BCUT2D eigenvalue weighted by molar-refractivity contribution is 14.0. The number of rotatable bonds is 4. The predicted molar refractivity (Wildman–Crippen MR) is 119 cm³/mol. The summed E-state index contributed by atoms with van der Waals surface area (Å²) >= 11 is 0. The number of nitrogens with zero attached hydrogens (tertiary/aromatic N) is 2. The van der Waals surface area contributed by atoms with Crippen LogP contribution < -0.4 is 14.8 Å². The number of ether oxygens (including phenoxy) is 3. The molecule has 1 spiro atoms. The van der Waals surface area contributed by atoms with Gasteiger partial charge in [-0.3, -0.25) is 4.99 Å². The first-order valence-electron chi connectivity index (χ1n) is 10.2. The fourth-order valence-electron chi connectivity index (χ4n) is 4.65. The molecular formula is C21H30IN3O3. The number of hydrogen-bond acceptors (Lipinski definition) is 4. The second kappa shape index (κ2) is 7.89. The lowest BCUT2D eigenvalue weighted by Crippen LogP contribution is -2.42. The number of nitrogens with one attached hydrogen (secondary N) is 1. The van der Waals surface area contributed by atoms with Crippen molar-refractivity contribution in [3.63, 3.8) is 0 Å². The van der Waals surface area contributed by atoms with Crippen LogP contribution in [0.5, 0.6) is 11.5 Å². The number of benzene rings is 1. The molecule has 1 aromatic rings. The van der Waals surface area contributed by atoms with Gasteiger partial charge in [0.05, 0.1) is 13.2 Å². The smallest absolute Gasteiger partial charge is 0.231 e. The van der Waals surface area contributed by atoms with Gasteiger partial charge in [0, 0.05) is 37.1 Å². The van der Waals surface area contributed by atoms with Gasteiger partial charge in [0.15, 0.2) is 17.5 Å². The Bertz CT molecular complexity index is 744. The van der Waals surface area contributed by atoms with E-state index < -0.39 is 0 Å². The van der Waals surface area contributed by atoms with Crippen molar-refractivity contribution in [3.8, 4) is 11.5 Å². The number of hydrogen-bond donors (Lipinski definition) is 1. The molecule has 1 aromatic carbocycles. The summed E-state index contributed by atoms with van der Waals surface area (Å²) in [6.07, 6.45) is 4.77. The van der Waals surface area contributed by atoms with Crippen molar-refractivity contribution in [1.82, 2.24) is 10.2 Å². The molecule has 0 bridgehead atoms. The Morgan fingerprint density at radius 1 is 1.18 bits per heavy atom. The minimum absolute atomic E-state index is 0. The normalized spacial score (nSPS) is 27.2. The first kappa shape index (κ1) is 20.1. The van der Waals surface area contributed by atoms with E-state index in [2.05, 4.69) is 29.3 Å². The highest BCUT2D eigenvalue weighted by Crippen LogP contribution is 2.50. The number of halogens is 1. The quantitative estimate of drug-likeness (QED) is 0.392. The standard InChI is InChI=1S/C21H29N3O3.HI/c1-2-22-19(24-9-7-20(13-24)8-10-25-14-20)23-12-21(5-6-21)16-3-4-17-18(11-16)27-15-26-17;/h3-4,11H,2,5-10,12-15H2,1H3,(H,22,23);1H. The van der Waals surface area contributed by atoms with Gasteiger partial charge in [0.2, 0.25) is 6.79 Å². The molecule has 3 fully saturated rings. The van der Waals surface area contributed by atoms with Crippen LogP contribution >= 0.6 is 24.0 Å². The van der Waals surface area contributed by atoms with Crippen LogP contribution in [-0.4, -0.2) is 57.0 Å². The molecule has 3 heterocycles. The summed E-state index contributed by atoms with van der Waals surface area (Å²) < 4.78 is 16.7. The topological polar surface area (TPSA) is 55.3 Å². The molecule has 28 heavy (non-hydrogen) atoms. The van der Waals surface area contributed by atoms with Crippen LogP contribution in [0.3, 0.4) is 0 Å². The van der Waals surface area contributed by atoms with Gasteiger partial charge in [0.1, 0.15) is 0 Å². The molecule has 2 saturated heterocycles. The molecule has 4 aliphatic rings. The second-order valence-corrected chi connectivity index (χ2v) is 8.49. The van der Waals surface area contributed by atoms with Gasteiger partial charge in [-0.2, -0.15) is 0 Å². The van der Waals surface area contributed by atoms with Crippen LogP contribution in [0.2, 0.25) is 0 Å². The van der Waals surface area contributed by atoms with Gasteiger partial charge in [-0.05, 0) is 50.3 Å². The molecule has 7 heteroatoms. The van der Waals surface area contributed by atoms with E-state index in [4.69, 9.17) is 19.2 Å². The average molecular weight is 499 g/mol. The third-order valence-electron chi connectivity index (χ3n) is 6.63. The van der Waals surface area contributed by atoms with Crippen molar-refractivity contribution in [1.29, 1.82) is 0 Å². The van der Waals surface area contributed by atoms with Crippen molar-refractivity contribution < 1.29 is 14.2 Å². The van der Waals surface area contributed by atoms with Gasteiger partial charge in [-0.25, -0.2) is 0 Å². The number of guanidine groups is 1. The molecule has 3 aliphatic heterocycles. The van der Waals surface area contributed by atoms with E-state index in [0.717, 1.165) is 56.9 Å². The minimum Gasteiger partial charge on any atom is -0.454 e. The molecule has 1 N–H and O–H groups in total. The highest BCUT2D eigenvalue weighted by atomic mass is 127. The van der Waals surface area contributed by atoms with Crippen molar-refractivity contribution in [2.75, 3.05) is 46.2 Å². The highest BCUT2D eigenvalue weighted by Gasteiger charge is 2.46. The largest absolute Gasteiger partial charge is 0.454 e. The fraction of sp³-hybridized carbons (Fsp3) is 0.667. The first-order chi connectivity index (χ1) is 13.2. The summed E-state index contributed by atoms with van der Waals surface area (Å²) in [5.74, 6) is 2.79. The van der Waals surface area contributed by atoms with Gasteiger partial charge >= 0.3 is 0 Å². The van der Waals surface area contributed by atoms with E-state index in [-0.39, 0.29) is 29.4 Å². The lowest BCUT2D eigenvalue weighted by molar-refractivity contribution is 0.156. The van der Waals surface area contributed by atoms with Gasteiger partial charge < -0.3 is 24.4 Å². The molecular weight excluding hydrogens is 469 g/mol. The lowest BCUT2D eigenvalue weighted by atomic mass is 9.87. The van der Waals surface area contributed by atoms with Gasteiger partial charge in [-0.15, -0.1) is 24.0 Å². The third kappa shape index (κ3) is 3.67. The zero-order valence-corrected chi connectivity index (χ0v) is 18.9. The van der Waals surface area contributed by atoms with Crippen LogP contribution in [0.4, 0.5) is 0 Å². The molecule has 1 saturated carbocycles. The van der Waals surface area contributed by atoms with E-state index in [0.29, 0.717) is 12.2 Å². The predicted octanol–water partition coefficient (Wildman–Crippen LogP) is 3.14. The van der Waals surface area contributed by atoms with Crippen LogP contribution in [-0.2, 0) is 10.2 Å². The van der Waals surface area contributed by atoms with Crippen molar-refractivity contribution in [3.05, 3.63) is 23.8 Å². The third-order valence-corrected chi connectivity index (χ3v) is 6.63. The summed E-state index contributed by atoms with van der Waals surface area (Å²) in [7, 11) is 0. The Labute approximate surface area is 184 Å². The maximum atomic E-state index is 5.68. The summed E-state index contributed by atoms with van der Waals surface area (Å²) in [5, 5.41) is 3.51. The summed E-state index contributed by atoms with van der Waals surface area (Å²) in [6, 6.07) is 6.37. The maximum Gasteiger partial charge on any atom is 0.231 e. The van der Waals surface area contributed by atoms with Crippen LogP contribution in [0.25, 0.3) is 0 Å². The number of aliphatic imine (C=N–C) groups is 1. The van der Waals surface area contributed by atoms with Crippen LogP contribution in [0.15, 0.2) is 23.2 Å². The van der Waals surface area contributed by atoms with Gasteiger partial charge in [0.25, 0.3) is 0 Å². The summed E-state index contributed by atoms with van der Waals surface area (Å²) in [4.78, 5) is 7.51. The zero-order chi connectivity index (χ0) is 18.3. The van der Waals surface area contributed by atoms with Crippen LogP contribution in [0.1, 0.15) is 38.2 Å². The van der Waals surface area contributed by atoms with Gasteiger partial charge in [-0.1, -0.05) is 6.07 Å². The maximum absolute atomic E-state index is 5.68. The van der Waals surface area contributed by atoms with E-state index >= 15 is 0 Å². The molecule has 0 amide bonds. The molecule has 1 aliphatic carbocycles. The van der Waals surface area contributed by atoms with E-state index in [1.54, 1.807) is 0 Å². The summed E-state index contributed by atoms with van der Waals surface area (Å²) in [5.41, 5.74) is 1.84. The molecule has 1 atom stereocenters. The molecule has 0 aromatic heterocycles. The molecule has 1 unspecified atom stereocenters. The molecule has 0 radical (unpaired) electrons. The van der Waals surface area contributed by atoms with Crippen molar-refractivity contribution in [2.24, 2.45) is 10.4 Å².